The van der Waals surface area contributed by atoms with E-state index < -0.39 is 0 Å². The molecule has 2 heterocycles. The van der Waals surface area contributed by atoms with Crippen molar-refractivity contribution in [2.24, 2.45) is 5.41 Å². The van der Waals surface area contributed by atoms with E-state index in [-0.39, 0.29) is 29.7 Å². The highest BCUT2D eigenvalue weighted by Gasteiger charge is 2.53. The molecule has 0 N–H and O–H groups in total. The second-order valence-corrected chi connectivity index (χ2v) is 7.91. The molecular formula is C23H25FN2O4. The minimum Gasteiger partial charge on any atom is -0.497 e. The Morgan fingerprint density at radius 2 is 1.67 bits per heavy atom. The topological polar surface area (TPSA) is 59.1 Å². The van der Waals surface area contributed by atoms with E-state index in [0.717, 1.165) is 17.9 Å². The van der Waals surface area contributed by atoms with Gasteiger partial charge in [0.05, 0.1) is 12.5 Å². The van der Waals surface area contributed by atoms with Crippen LogP contribution in [-0.2, 0) is 16.1 Å². The van der Waals surface area contributed by atoms with Crippen molar-refractivity contribution < 1.29 is 23.5 Å². The lowest BCUT2D eigenvalue weighted by molar-refractivity contribution is -0.168. The molecule has 0 aliphatic carbocycles. The Morgan fingerprint density at radius 1 is 1.03 bits per heavy atom. The Balaban J connectivity index is 1.24. The summed E-state index contributed by atoms with van der Waals surface area (Å²) in [5.41, 5.74) is 0.741. The second-order valence-electron chi connectivity index (χ2n) is 7.91. The molecule has 2 aliphatic heterocycles. The molecule has 2 aromatic carbocycles. The molecule has 7 heteroatoms. The number of carbonyl (C=O) groups excluding carboxylic acids is 2. The Kier molecular flexibility index (Phi) is 5.61. The zero-order valence-electron chi connectivity index (χ0n) is 17.0. The fourth-order valence-corrected chi connectivity index (χ4v) is 4.15. The molecule has 6 nitrogen and oxygen atoms in total. The lowest BCUT2D eigenvalue weighted by Gasteiger charge is -2.52. The van der Waals surface area contributed by atoms with Gasteiger partial charge in [0.1, 0.15) is 17.3 Å². The van der Waals surface area contributed by atoms with Crippen LogP contribution >= 0.6 is 0 Å². The van der Waals surface area contributed by atoms with Crippen molar-refractivity contribution in [3.05, 3.63) is 59.9 Å². The number of amides is 2. The lowest BCUT2D eigenvalue weighted by atomic mass is 9.71. The van der Waals surface area contributed by atoms with E-state index in [0.29, 0.717) is 38.2 Å². The van der Waals surface area contributed by atoms with Crippen molar-refractivity contribution in [2.45, 2.75) is 19.4 Å². The zero-order valence-corrected chi connectivity index (χ0v) is 17.0. The SMILES string of the molecule is COc1ccc(CN2CC3(CCN(C(=O)COc4ccc(F)cc4)CC3)C2=O)cc1. The Labute approximate surface area is 175 Å². The Hall–Kier alpha value is -3.09. The molecule has 2 aliphatic rings. The first-order chi connectivity index (χ1) is 14.5. The molecule has 0 unspecified atom stereocenters. The Bertz CT molecular complexity index is 906. The maximum absolute atomic E-state index is 12.9. The van der Waals surface area contributed by atoms with Gasteiger partial charge in [0.2, 0.25) is 5.91 Å². The number of nitrogens with zero attached hydrogens (tertiary/aromatic N) is 2. The number of hydrogen-bond donors (Lipinski definition) is 0. The molecule has 2 aromatic rings. The number of likely N-dealkylation sites (tertiary alicyclic amines) is 2. The molecule has 0 atom stereocenters. The molecule has 0 bridgehead atoms. The summed E-state index contributed by atoms with van der Waals surface area (Å²) in [6, 6.07) is 13.3. The van der Waals surface area contributed by atoms with Crippen molar-refractivity contribution in [3.63, 3.8) is 0 Å². The summed E-state index contributed by atoms with van der Waals surface area (Å²) in [6.45, 7) is 2.34. The van der Waals surface area contributed by atoms with Gasteiger partial charge in [0, 0.05) is 26.2 Å². The number of β-lactam (4-membered cyclic amide) rings is 1. The van der Waals surface area contributed by atoms with Crippen LogP contribution in [0.5, 0.6) is 11.5 Å². The van der Waals surface area contributed by atoms with Gasteiger partial charge in [-0.3, -0.25) is 9.59 Å². The molecule has 4 rings (SSSR count). The number of rotatable bonds is 6. The average molecular weight is 412 g/mol. The van der Waals surface area contributed by atoms with Gasteiger partial charge in [0.15, 0.2) is 6.61 Å². The van der Waals surface area contributed by atoms with E-state index in [1.165, 1.54) is 24.3 Å². The van der Waals surface area contributed by atoms with E-state index in [2.05, 4.69) is 0 Å². The molecule has 2 saturated heterocycles. The molecule has 0 aromatic heterocycles. The molecule has 30 heavy (non-hydrogen) atoms. The van der Waals surface area contributed by atoms with Gasteiger partial charge in [-0.25, -0.2) is 4.39 Å². The number of hydrogen-bond acceptors (Lipinski definition) is 4. The van der Waals surface area contributed by atoms with Crippen molar-refractivity contribution in [1.82, 2.24) is 9.80 Å². The molecule has 158 valence electrons. The maximum Gasteiger partial charge on any atom is 0.260 e. The summed E-state index contributed by atoms with van der Waals surface area (Å²) in [7, 11) is 1.63. The predicted octanol–water partition coefficient (Wildman–Crippen LogP) is 2.86. The predicted molar refractivity (Wildman–Crippen MR) is 109 cm³/mol. The van der Waals surface area contributed by atoms with Crippen LogP contribution in [0.1, 0.15) is 18.4 Å². The van der Waals surface area contributed by atoms with Crippen LogP contribution in [0.15, 0.2) is 48.5 Å². The van der Waals surface area contributed by atoms with E-state index in [4.69, 9.17) is 9.47 Å². The van der Waals surface area contributed by atoms with Gasteiger partial charge in [0.25, 0.3) is 5.91 Å². The van der Waals surface area contributed by atoms with Crippen LogP contribution in [0.2, 0.25) is 0 Å². The second kappa shape index (κ2) is 8.34. The number of methoxy groups -OCH3 is 1. The molecular weight excluding hydrogens is 387 g/mol. The minimum atomic E-state index is -0.346. The largest absolute Gasteiger partial charge is 0.497 e. The summed E-state index contributed by atoms with van der Waals surface area (Å²) < 4.78 is 23.5. The van der Waals surface area contributed by atoms with Crippen LogP contribution in [0, 0.1) is 11.2 Å². The number of benzene rings is 2. The van der Waals surface area contributed by atoms with Gasteiger partial charge in [-0.1, -0.05) is 12.1 Å². The monoisotopic (exact) mass is 412 g/mol. The van der Waals surface area contributed by atoms with Crippen LogP contribution in [0.4, 0.5) is 4.39 Å². The summed E-state index contributed by atoms with van der Waals surface area (Å²) in [5, 5.41) is 0. The normalized spacial score (nSPS) is 17.6. The van der Waals surface area contributed by atoms with Gasteiger partial charge < -0.3 is 19.3 Å². The average Bonchev–Trinajstić information content (AvgIpc) is 2.79. The quantitative estimate of drug-likeness (QED) is 0.685. The van der Waals surface area contributed by atoms with Crippen LogP contribution in [0.3, 0.4) is 0 Å². The fraction of sp³-hybridized carbons (Fsp3) is 0.391. The first kappa shape index (κ1) is 20.2. The highest BCUT2D eigenvalue weighted by atomic mass is 19.1. The number of piperidine rings is 1. The van der Waals surface area contributed by atoms with Crippen LogP contribution in [-0.4, -0.2) is 55.0 Å². The maximum atomic E-state index is 12.9. The van der Waals surface area contributed by atoms with Crippen molar-refractivity contribution in [3.8, 4) is 11.5 Å². The van der Waals surface area contributed by atoms with Crippen molar-refractivity contribution in [1.29, 1.82) is 0 Å². The molecule has 2 fully saturated rings. The highest BCUT2D eigenvalue weighted by Crippen LogP contribution is 2.42. The third-order valence-corrected chi connectivity index (χ3v) is 6.02. The third kappa shape index (κ3) is 4.10. The number of carbonyl (C=O) groups is 2. The van der Waals surface area contributed by atoms with Gasteiger partial charge in [-0.2, -0.15) is 0 Å². The lowest BCUT2D eigenvalue weighted by Crippen LogP contribution is -2.64. The van der Waals surface area contributed by atoms with E-state index in [9.17, 15) is 14.0 Å². The zero-order chi connectivity index (χ0) is 21.1. The van der Waals surface area contributed by atoms with E-state index in [1.807, 2.05) is 29.2 Å². The van der Waals surface area contributed by atoms with Gasteiger partial charge in [-0.05, 0) is 54.8 Å². The van der Waals surface area contributed by atoms with Crippen LogP contribution in [0.25, 0.3) is 0 Å². The van der Waals surface area contributed by atoms with Gasteiger partial charge in [-0.15, -0.1) is 0 Å². The smallest absolute Gasteiger partial charge is 0.260 e. The van der Waals surface area contributed by atoms with E-state index >= 15 is 0 Å². The molecule has 2 amide bonds. The minimum absolute atomic E-state index is 0.0871. The van der Waals surface area contributed by atoms with Crippen molar-refractivity contribution in [2.75, 3.05) is 33.4 Å². The first-order valence-electron chi connectivity index (χ1n) is 10.1. The van der Waals surface area contributed by atoms with Crippen LogP contribution < -0.4 is 9.47 Å². The number of ether oxygens (including phenoxy) is 2. The standard InChI is InChI=1S/C23H25FN2O4/c1-29-19-6-2-17(3-7-19)14-26-16-23(22(26)28)10-12-25(13-11-23)21(27)15-30-20-8-4-18(24)5-9-20/h2-9H,10-16H2,1H3. The van der Waals surface area contributed by atoms with Gasteiger partial charge >= 0.3 is 0 Å². The van der Waals surface area contributed by atoms with Crippen molar-refractivity contribution >= 4 is 11.8 Å². The molecule has 0 radical (unpaired) electrons. The number of halogens is 1. The summed E-state index contributed by atoms with van der Waals surface area (Å²) in [6.07, 6.45) is 1.35. The highest BCUT2D eigenvalue weighted by molar-refractivity contribution is 5.89. The molecule has 0 saturated carbocycles. The Morgan fingerprint density at radius 3 is 2.27 bits per heavy atom. The summed E-state index contributed by atoms with van der Waals surface area (Å²) in [4.78, 5) is 28.9. The van der Waals surface area contributed by atoms with E-state index in [1.54, 1.807) is 12.0 Å². The summed E-state index contributed by atoms with van der Waals surface area (Å²) >= 11 is 0. The molecule has 1 spiro atoms. The third-order valence-electron chi connectivity index (χ3n) is 6.02. The fourth-order valence-electron chi connectivity index (χ4n) is 4.15. The summed E-state index contributed by atoms with van der Waals surface area (Å²) in [5.74, 6) is 0.970. The first-order valence-corrected chi connectivity index (χ1v) is 10.1.